The van der Waals surface area contributed by atoms with Crippen LogP contribution in [0.1, 0.15) is 5.56 Å². The molecule has 2 nitrogen and oxygen atoms in total. The quantitative estimate of drug-likeness (QED) is 0.696. The summed E-state index contributed by atoms with van der Waals surface area (Å²) in [7, 11) is 0. The highest BCUT2D eigenvalue weighted by Gasteiger charge is 2.16. The van der Waals surface area contributed by atoms with E-state index in [1.807, 2.05) is 0 Å². The Morgan fingerprint density at radius 3 is 3.08 bits per heavy atom. The Kier molecular flexibility index (Phi) is 2.21. The number of aliphatic hydroxyl groups excluding tert-OH is 1. The maximum absolute atomic E-state index is 8.57. The topological polar surface area (TPSA) is 23.5 Å². The van der Waals surface area contributed by atoms with E-state index in [0.29, 0.717) is 0 Å². The first-order valence-electron chi connectivity index (χ1n) is 4.54. The second-order valence-electron chi connectivity index (χ2n) is 3.21. The molecule has 0 amide bonds. The number of fused-ring (bicyclic) bond motifs is 1. The number of nitrogens with zero attached hydrogens (tertiary/aromatic N) is 1. The molecule has 2 heteroatoms. The molecule has 1 aliphatic heterocycles. The van der Waals surface area contributed by atoms with Crippen LogP contribution < -0.4 is 4.90 Å². The minimum Gasteiger partial charge on any atom is -0.516 e. The molecule has 0 aromatic heterocycles. The first-order valence-corrected chi connectivity index (χ1v) is 4.54. The number of hydrogen-bond donors (Lipinski definition) is 1. The molecule has 0 radical (unpaired) electrons. The van der Waals surface area contributed by atoms with Crippen LogP contribution in [-0.4, -0.2) is 18.2 Å². The average molecular weight is 175 g/mol. The molecule has 2 rings (SSSR count). The summed E-state index contributed by atoms with van der Waals surface area (Å²) in [6.45, 7) is 1.86. The van der Waals surface area contributed by atoms with Gasteiger partial charge in [-0.3, -0.25) is 0 Å². The molecule has 0 bridgehead atoms. The summed E-state index contributed by atoms with van der Waals surface area (Å²) < 4.78 is 0. The number of benzene rings is 1. The highest BCUT2D eigenvalue weighted by molar-refractivity contribution is 5.58. The van der Waals surface area contributed by atoms with Crippen molar-refractivity contribution < 1.29 is 5.11 Å². The fraction of sp³-hybridized carbons (Fsp3) is 0.273. The van der Waals surface area contributed by atoms with Gasteiger partial charge in [0.15, 0.2) is 0 Å². The van der Waals surface area contributed by atoms with E-state index in [1.165, 1.54) is 11.3 Å². The van der Waals surface area contributed by atoms with Crippen LogP contribution in [0, 0.1) is 0 Å². The van der Waals surface area contributed by atoms with Gasteiger partial charge in [-0.25, -0.2) is 0 Å². The lowest BCUT2D eigenvalue weighted by Gasteiger charge is -2.16. The Balaban J connectivity index is 2.18. The van der Waals surface area contributed by atoms with E-state index in [9.17, 15) is 0 Å². The van der Waals surface area contributed by atoms with Crippen LogP contribution in [0.4, 0.5) is 5.69 Å². The van der Waals surface area contributed by atoms with Gasteiger partial charge in [0.1, 0.15) is 0 Å². The SMILES string of the molecule is OC=CCN1CCc2ccccc21. The lowest BCUT2D eigenvalue weighted by molar-refractivity contribution is 0.471. The van der Waals surface area contributed by atoms with Crippen LogP contribution in [0.2, 0.25) is 0 Å². The Bertz CT molecular complexity index is 320. The minimum atomic E-state index is 0.799. The van der Waals surface area contributed by atoms with Crippen molar-refractivity contribution in [3.8, 4) is 0 Å². The van der Waals surface area contributed by atoms with Gasteiger partial charge in [-0.15, -0.1) is 0 Å². The van der Waals surface area contributed by atoms with Crippen molar-refractivity contribution in [3.05, 3.63) is 42.2 Å². The van der Waals surface area contributed by atoms with Gasteiger partial charge in [-0.2, -0.15) is 0 Å². The molecule has 1 aromatic carbocycles. The molecule has 1 heterocycles. The van der Waals surface area contributed by atoms with E-state index >= 15 is 0 Å². The molecule has 0 fully saturated rings. The standard InChI is InChI=1S/C11H13NO/c13-9-3-7-12-8-6-10-4-1-2-5-11(10)12/h1-5,9,13H,6-8H2. The van der Waals surface area contributed by atoms with Crippen molar-refractivity contribution >= 4 is 5.69 Å². The Morgan fingerprint density at radius 2 is 2.23 bits per heavy atom. The van der Waals surface area contributed by atoms with Crippen LogP contribution in [-0.2, 0) is 6.42 Å². The van der Waals surface area contributed by atoms with Gasteiger partial charge in [0, 0.05) is 18.8 Å². The van der Waals surface area contributed by atoms with E-state index < -0.39 is 0 Å². The van der Waals surface area contributed by atoms with E-state index in [2.05, 4.69) is 29.2 Å². The largest absolute Gasteiger partial charge is 0.516 e. The number of para-hydroxylation sites is 1. The molecular formula is C11H13NO. The maximum Gasteiger partial charge on any atom is 0.0769 e. The number of aliphatic hydroxyl groups is 1. The minimum absolute atomic E-state index is 0.799. The highest BCUT2D eigenvalue weighted by atomic mass is 16.2. The maximum atomic E-state index is 8.57. The normalized spacial score (nSPS) is 15.2. The Hall–Kier alpha value is -1.44. The van der Waals surface area contributed by atoms with Crippen molar-refractivity contribution in [1.82, 2.24) is 0 Å². The van der Waals surface area contributed by atoms with Gasteiger partial charge in [0.2, 0.25) is 0 Å². The zero-order valence-corrected chi connectivity index (χ0v) is 7.48. The molecule has 0 saturated carbocycles. The summed E-state index contributed by atoms with van der Waals surface area (Å²) in [5, 5.41) is 8.57. The van der Waals surface area contributed by atoms with Gasteiger partial charge in [0.25, 0.3) is 0 Å². The summed E-state index contributed by atoms with van der Waals surface area (Å²) >= 11 is 0. The summed E-state index contributed by atoms with van der Waals surface area (Å²) in [6.07, 6.45) is 4.00. The number of hydrogen-bond acceptors (Lipinski definition) is 2. The molecule has 0 spiro atoms. The summed E-state index contributed by atoms with van der Waals surface area (Å²) in [5.41, 5.74) is 2.72. The van der Waals surface area contributed by atoms with Crippen LogP contribution in [0.15, 0.2) is 36.6 Å². The molecule has 1 aliphatic rings. The third kappa shape index (κ3) is 1.52. The van der Waals surface area contributed by atoms with Gasteiger partial charge >= 0.3 is 0 Å². The van der Waals surface area contributed by atoms with E-state index in [-0.39, 0.29) is 0 Å². The monoisotopic (exact) mass is 175 g/mol. The van der Waals surface area contributed by atoms with Crippen LogP contribution in [0.25, 0.3) is 0 Å². The smallest absolute Gasteiger partial charge is 0.0769 e. The fourth-order valence-electron chi connectivity index (χ4n) is 1.77. The lowest BCUT2D eigenvalue weighted by Crippen LogP contribution is -2.19. The Labute approximate surface area is 78.1 Å². The average Bonchev–Trinajstić information content (AvgIpc) is 2.58. The molecule has 1 N–H and O–H groups in total. The Morgan fingerprint density at radius 1 is 1.38 bits per heavy atom. The van der Waals surface area contributed by atoms with Crippen molar-refractivity contribution in [2.75, 3.05) is 18.0 Å². The zero-order valence-electron chi connectivity index (χ0n) is 7.48. The van der Waals surface area contributed by atoms with Crippen molar-refractivity contribution in [2.45, 2.75) is 6.42 Å². The number of rotatable bonds is 2. The molecular weight excluding hydrogens is 162 g/mol. The number of anilines is 1. The molecule has 68 valence electrons. The first kappa shape index (κ1) is 8.17. The van der Waals surface area contributed by atoms with Crippen LogP contribution in [0.3, 0.4) is 0 Å². The van der Waals surface area contributed by atoms with Crippen molar-refractivity contribution in [2.24, 2.45) is 0 Å². The van der Waals surface area contributed by atoms with Gasteiger partial charge in [-0.1, -0.05) is 18.2 Å². The third-order valence-corrected chi connectivity index (χ3v) is 2.41. The summed E-state index contributed by atoms with van der Waals surface area (Å²) in [6, 6.07) is 8.43. The molecule has 0 saturated heterocycles. The van der Waals surface area contributed by atoms with Crippen molar-refractivity contribution in [3.63, 3.8) is 0 Å². The fourth-order valence-corrected chi connectivity index (χ4v) is 1.77. The highest BCUT2D eigenvalue weighted by Crippen LogP contribution is 2.26. The summed E-state index contributed by atoms with van der Waals surface area (Å²) in [5.74, 6) is 0. The predicted molar refractivity (Wildman–Crippen MR) is 54.1 cm³/mol. The van der Waals surface area contributed by atoms with Crippen LogP contribution in [0.5, 0.6) is 0 Å². The van der Waals surface area contributed by atoms with Crippen LogP contribution >= 0.6 is 0 Å². The van der Waals surface area contributed by atoms with E-state index in [0.717, 1.165) is 25.8 Å². The molecule has 13 heavy (non-hydrogen) atoms. The van der Waals surface area contributed by atoms with Gasteiger partial charge in [-0.05, 0) is 24.1 Å². The van der Waals surface area contributed by atoms with Gasteiger partial charge < -0.3 is 10.0 Å². The van der Waals surface area contributed by atoms with E-state index in [4.69, 9.17) is 5.11 Å². The molecule has 0 atom stereocenters. The summed E-state index contributed by atoms with van der Waals surface area (Å²) in [4.78, 5) is 2.27. The van der Waals surface area contributed by atoms with Gasteiger partial charge in [0.05, 0.1) is 6.26 Å². The van der Waals surface area contributed by atoms with Crippen molar-refractivity contribution in [1.29, 1.82) is 0 Å². The van der Waals surface area contributed by atoms with E-state index in [1.54, 1.807) is 6.08 Å². The third-order valence-electron chi connectivity index (χ3n) is 2.41. The lowest BCUT2D eigenvalue weighted by atomic mass is 10.2. The zero-order chi connectivity index (χ0) is 9.10. The second kappa shape index (κ2) is 3.52. The molecule has 1 aromatic rings. The molecule has 0 aliphatic carbocycles. The first-order chi connectivity index (χ1) is 6.42. The molecule has 0 unspecified atom stereocenters. The second-order valence-corrected chi connectivity index (χ2v) is 3.21. The predicted octanol–water partition coefficient (Wildman–Crippen LogP) is 2.12.